The number of piperidine rings is 1. The van der Waals surface area contributed by atoms with E-state index in [0.717, 1.165) is 49.4 Å². The Morgan fingerprint density at radius 2 is 1.81 bits per heavy atom. The van der Waals surface area contributed by atoms with Gasteiger partial charge in [-0.2, -0.15) is 0 Å². The average molecular weight is 460 g/mol. The van der Waals surface area contributed by atoms with Gasteiger partial charge in [0.2, 0.25) is 5.01 Å². The van der Waals surface area contributed by atoms with Crippen LogP contribution in [0.15, 0.2) is 24.3 Å². The maximum atomic E-state index is 12.5. The summed E-state index contributed by atoms with van der Waals surface area (Å²) in [6.07, 6.45) is 3.05. The molecule has 2 saturated heterocycles. The van der Waals surface area contributed by atoms with Crippen molar-refractivity contribution >= 4 is 22.9 Å². The fourth-order valence-corrected chi connectivity index (χ4v) is 5.36. The molecule has 3 heterocycles. The van der Waals surface area contributed by atoms with E-state index in [1.165, 1.54) is 30.7 Å². The quantitative estimate of drug-likeness (QED) is 0.681. The van der Waals surface area contributed by atoms with E-state index in [1.807, 2.05) is 12.1 Å². The number of aromatic nitrogens is 2. The summed E-state index contributed by atoms with van der Waals surface area (Å²) < 4.78 is 11.0. The lowest BCUT2D eigenvalue weighted by Gasteiger charge is -2.39. The molecule has 0 saturated carbocycles. The summed E-state index contributed by atoms with van der Waals surface area (Å²) in [5.74, 6) is 1.26. The van der Waals surface area contributed by atoms with E-state index >= 15 is 0 Å². The van der Waals surface area contributed by atoms with Crippen LogP contribution in [0, 0.1) is 5.92 Å². The maximum Gasteiger partial charge on any atom is 0.286 e. The van der Waals surface area contributed by atoms with Crippen LogP contribution in [0.4, 0.5) is 5.69 Å². The van der Waals surface area contributed by atoms with Gasteiger partial charge >= 0.3 is 0 Å². The molecule has 2 aliphatic rings. The highest BCUT2D eigenvalue weighted by Crippen LogP contribution is 2.23. The van der Waals surface area contributed by atoms with Crippen molar-refractivity contribution in [3.63, 3.8) is 0 Å². The summed E-state index contributed by atoms with van der Waals surface area (Å²) in [6, 6.07) is 7.23. The van der Waals surface area contributed by atoms with Crippen LogP contribution in [0.25, 0.3) is 0 Å². The van der Waals surface area contributed by atoms with Gasteiger partial charge in [0.15, 0.2) is 0 Å². The molecule has 2 unspecified atom stereocenters. The predicted molar refractivity (Wildman–Crippen MR) is 125 cm³/mol. The Balaban J connectivity index is 1.22. The topological polar surface area (TPSA) is 79.8 Å². The Bertz CT molecular complexity index is 872. The summed E-state index contributed by atoms with van der Waals surface area (Å²) in [5, 5.41) is 12.5. The van der Waals surface area contributed by atoms with Crippen molar-refractivity contribution in [3.8, 4) is 5.75 Å². The Labute approximate surface area is 193 Å². The van der Waals surface area contributed by atoms with Crippen LogP contribution < -0.4 is 10.1 Å². The highest BCUT2D eigenvalue weighted by Gasteiger charge is 2.27. The van der Waals surface area contributed by atoms with E-state index < -0.39 is 0 Å². The first-order chi connectivity index (χ1) is 15.5. The molecule has 4 rings (SSSR count). The second-order valence-corrected chi connectivity index (χ2v) is 9.94. The monoisotopic (exact) mass is 459 g/mol. The number of anilines is 1. The Hall–Kier alpha value is -2.07. The molecule has 1 aromatic carbocycles. The van der Waals surface area contributed by atoms with Gasteiger partial charge in [0.05, 0.1) is 25.9 Å². The van der Waals surface area contributed by atoms with Crippen LogP contribution in [-0.2, 0) is 11.3 Å². The molecule has 2 aromatic rings. The SMILES string of the molecule is COc1ccc(NC(=O)c2nnc(CN3CCC(CN4CC(C)OC(C)C4)CC3)s2)cc1. The zero-order valence-corrected chi connectivity index (χ0v) is 19.9. The fourth-order valence-electron chi connectivity index (χ4n) is 4.59. The number of hydrogen-bond donors (Lipinski definition) is 1. The number of methoxy groups -OCH3 is 1. The molecule has 2 atom stereocenters. The second-order valence-electron chi connectivity index (χ2n) is 8.88. The van der Waals surface area contributed by atoms with Crippen molar-refractivity contribution < 1.29 is 14.3 Å². The molecule has 9 heteroatoms. The van der Waals surface area contributed by atoms with E-state index in [2.05, 4.69) is 39.2 Å². The highest BCUT2D eigenvalue weighted by molar-refractivity contribution is 7.13. The number of benzene rings is 1. The number of carbonyl (C=O) groups excluding carboxylic acids is 1. The van der Waals surface area contributed by atoms with Crippen LogP contribution >= 0.6 is 11.3 Å². The number of likely N-dealkylation sites (tertiary alicyclic amines) is 1. The number of nitrogens with zero attached hydrogens (tertiary/aromatic N) is 4. The molecule has 0 spiro atoms. The molecule has 174 valence electrons. The number of nitrogens with one attached hydrogen (secondary N) is 1. The lowest BCUT2D eigenvalue weighted by molar-refractivity contribution is -0.0732. The van der Waals surface area contributed by atoms with Gasteiger partial charge in [0.1, 0.15) is 10.8 Å². The van der Waals surface area contributed by atoms with Gasteiger partial charge < -0.3 is 14.8 Å². The lowest BCUT2D eigenvalue weighted by Crippen LogP contribution is -2.48. The average Bonchev–Trinajstić information content (AvgIpc) is 3.24. The standard InChI is InChI=1S/C23H33N5O3S/c1-16-12-28(13-17(2)31-16)14-18-8-10-27(11-9-18)15-21-25-26-23(32-21)22(29)24-19-4-6-20(30-3)7-5-19/h4-7,16-18H,8-15H2,1-3H3,(H,24,29). The molecule has 1 amide bonds. The predicted octanol–water partition coefficient (Wildman–Crippen LogP) is 3.12. The summed E-state index contributed by atoms with van der Waals surface area (Å²) in [4.78, 5) is 17.5. The third-order valence-electron chi connectivity index (χ3n) is 6.09. The number of amides is 1. The molecular weight excluding hydrogens is 426 g/mol. The number of hydrogen-bond acceptors (Lipinski definition) is 8. The van der Waals surface area contributed by atoms with Crippen LogP contribution in [0.2, 0.25) is 0 Å². The van der Waals surface area contributed by atoms with Gasteiger partial charge in [-0.25, -0.2) is 0 Å². The fraction of sp³-hybridized carbons (Fsp3) is 0.609. The van der Waals surface area contributed by atoms with Gasteiger partial charge in [-0.3, -0.25) is 14.6 Å². The van der Waals surface area contributed by atoms with Crippen molar-refractivity contribution in [3.05, 3.63) is 34.3 Å². The van der Waals surface area contributed by atoms with E-state index in [-0.39, 0.29) is 5.91 Å². The van der Waals surface area contributed by atoms with Crippen LogP contribution in [0.3, 0.4) is 0 Å². The Morgan fingerprint density at radius 3 is 2.47 bits per heavy atom. The third kappa shape index (κ3) is 6.25. The number of carbonyl (C=O) groups is 1. The molecule has 0 aliphatic carbocycles. The van der Waals surface area contributed by atoms with Gasteiger partial charge in [-0.05, 0) is 70.0 Å². The third-order valence-corrected chi connectivity index (χ3v) is 6.99. The number of rotatable bonds is 7. The molecule has 1 aromatic heterocycles. The molecule has 1 N–H and O–H groups in total. The molecule has 2 aliphatic heterocycles. The van der Waals surface area contributed by atoms with Crippen molar-refractivity contribution in [1.29, 1.82) is 0 Å². The van der Waals surface area contributed by atoms with Gasteiger partial charge in [0.25, 0.3) is 5.91 Å². The molecule has 2 fully saturated rings. The largest absolute Gasteiger partial charge is 0.497 e. The minimum absolute atomic E-state index is 0.230. The van der Waals surface area contributed by atoms with Gasteiger partial charge in [-0.1, -0.05) is 11.3 Å². The lowest BCUT2D eigenvalue weighted by atomic mass is 9.95. The maximum absolute atomic E-state index is 12.5. The van der Waals surface area contributed by atoms with Gasteiger partial charge in [-0.15, -0.1) is 10.2 Å². The summed E-state index contributed by atoms with van der Waals surface area (Å²) in [5.41, 5.74) is 0.707. The van der Waals surface area contributed by atoms with Crippen molar-refractivity contribution in [2.75, 3.05) is 45.2 Å². The van der Waals surface area contributed by atoms with Crippen LogP contribution in [0.5, 0.6) is 5.75 Å². The van der Waals surface area contributed by atoms with E-state index in [0.29, 0.717) is 22.9 Å². The molecule has 0 bridgehead atoms. The highest BCUT2D eigenvalue weighted by atomic mass is 32.1. The minimum Gasteiger partial charge on any atom is -0.497 e. The Morgan fingerprint density at radius 1 is 1.12 bits per heavy atom. The zero-order valence-electron chi connectivity index (χ0n) is 19.1. The smallest absolute Gasteiger partial charge is 0.286 e. The zero-order chi connectivity index (χ0) is 22.5. The van der Waals surface area contributed by atoms with Crippen molar-refractivity contribution in [2.24, 2.45) is 5.92 Å². The normalized spacial score (nSPS) is 23.2. The van der Waals surface area contributed by atoms with Crippen LogP contribution in [0.1, 0.15) is 41.5 Å². The number of morpholine rings is 1. The van der Waals surface area contributed by atoms with E-state index in [1.54, 1.807) is 19.2 Å². The molecule has 32 heavy (non-hydrogen) atoms. The Kier molecular flexibility index (Phi) is 7.72. The van der Waals surface area contributed by atoms with Crippen LogP contribution in [-0.4, -0.2) is 77.9 Å². The summed E-state index contributed by atoms with van der Waals surface area (Å²) in [7, 11) is 1.61. The number of ether oxygens (including phenoxy) is 2. The second kappa shape index (κ2) is 10.7. The van der Waals surface area contributed by atoms with E-state index in [9.17, 15) is 4.79 Å². The molecular formula is C23H33N5O3S. The first kappa shape index (κ1) is 23.1. The molecule has 8 nitrogen and oxygen atoms in total. The minimum atomic E-state index is -0.230. The summed E-state index contributed by atoms with van der Waals surface area (Å²) in [6.45, 7) is 10.5. The molecule has 0 radical (unpaired) electrons. The van der Waals surface area contributed by atoms with Crippen molar-refractivity contribution in [2.45, 2.75) is 45.4 Å². The first-order valence-corrected chi connectivity index (χ1v) is 12.2. The van der Waals surface area contributed by atoms with E-state index in [4.69, 9.17) is 9.47 Å². The first-order valence-electron chi connectivity index (χ1n) is 11.4. The van der Waals surface area contributed by atoms with Crippen molar-refractivity contribution in [1.82, 2.24) is 20.0 Å². The summed E-state index contributed by atoms with van der Waals surface area (Å²) >= 11 is 1.37. The van der Waals surface area contributed by atoms with Gasteiger partial charge in [0, 0.05) is 25.3 Å².